The molecule has 0 spiro atoms. The standard InChI is InChI=1S/C20H19ClN2O3/c1-9(18(24)22-15-5-3-2-4-14(15)21)23-19(25)16-10-6-7-11(13-8-12(10)13)17(16)20(23)26/h2-7,9-13,16-17H,8H2,1H3,(H,22,24)/t9-,10+,11+,12+,13+,16-,17-/m0/s1. The van der Waals surface area contributed by atoms with Crippen LogP contribution >= 0.6 is 11.6 Å². The molecule has 6 rings (SSSR count). The summed E-state index contributed by atoms with van der Waals surface area (Å²) in [7, 11) is 0. The lowest BCUT2D eigenvalue weighted by Crippen LogP contribution is -2.46. The number of halogens is 1. The quantitative estimate of drug-likeness (QED) is 0.657. The van der Waals surface area contributed by atoms with Crippen molar-refractivity contribution >= 4 is 35.0 Å². The number of carbonyl (C=O) groups is 3. The number of likely N-dealkylation sites (tertiary alicyclic amines) is 1. The maximum absolute atomic E-state index is 13.0. The minimum absolute atomic E-state index is 0.162. The zero-order chi connectivity index (χ0) is 18.2. The fourth-order valence-corrected chi connectivity index (χ4v) is 5.46. The van der Waals surface area contributed by atoms with E-state index in [1.165, 1.54) is 4.90 Å². The number of para-hydroxylation sites is 1. The number of imide groups is 1. The summed E-state index contributed by atoms with van der Waals surface area (Å²) in [6.07, 6.45) is 5.38. The third kappa shape index (κ3) is 2.07. The van der Waals surface area contributed by atoms with Crippen molar-refractivity contribution in [2.45, 2.75) is 19.4 Å². The molecule has 3 amide bonds. The summed E-state index contributed by atoms with van der Waals surface area (Å²) in [4.78, 5) is 39.9. The number of benzene rings is 1. The number of allylic oxidation sites excluding steroid dienone is 2. The Morgan fingerprint density at radius 2 is 1.69 bits per heavy atom. The molecule has 7 atom stereocenters. The van der Waals surface area contributed by atoms with E-state index in [0.717, 1.165) is 6.42 Å². The van der Waals surface area contributed by atoms with Gasteiger partial charge < -0.3 is 5.32 Å². The van der Waals surface area contributed by atoms with Gasteiger partial charge in [-0.05, 0) is 49.1 Å². The number of hydrogen-bond donors (Lipinski definition) is 1. The van der Waals surface area contributed by atoms with Crippen LogP contribution in [0.2, 0.25) is 5.02 Å². The van der Waals surface area contributed by atoms with Crippen molar-refractivity contribution in [2.24, 2.45) is 35.5 Å². The second-order valence-electron chi connectivity index (χ2n) is 7.85. The summed E-state index contributed by atoms with van der Waals surface area (Å²) in [6, 6.07) is 6.06. The van der Waals surface area contributed by atoms with Crippen LogP contribution in [0.25, 0.3) is 0 Å². The molecule has 1 aliphatic heterocycles. The summed E-state index contributed by atoms with van der Waals surface area (Å²) in [6.45, 7) is 1.61. The molecule has 1 N–H and O–H groups in total. The minimum atomic E-state index is -0.854. The Morgan fingerprint density at radius 3 is 2.27 bits per heavy atom. The molecule has 26 heavy (non-hydrogen) atoms. The van der Waals surface area contributed by atoms with Crippen molar-refractivity contribution in [3.05, 3.63) is 41.4 Å². The van der Waals surface area contributed by atoms with Gasteiger partial charge in [-0.25, -0.2) is 0 Å². The summed E-state index contributed by atoms with van der Waals surface area (Å²) in [5.41, 5.74) is 0.477. The molecule has 1 saturated heterocycles. The highest BCUT2D eigenvalue weighted by molar-refractivity contribution is 6.33. The molecular formula is C20H19ClN2O3. The zero-order valence-electron chi connectivity index (χ0n) is 14.3. The number of hydrogen-bond acceptors (Lipinski definition) is 3. The van der Waals surface area contributed by atoms with Crippen LogP contribution in [-0.2, 0) is 14.4 Å². The lowest BCUT2D eigenvalue weighted by atomic mass is 9.63. The smallest absolute Gasteiger partial charge is 0.247 e. The van der Waals surface area contributed by atoms with Crippen LogP contribution in [0.5, 0.6) is 0 Å². The number of rotatable bonds is 3. The molecule has 6 heteroatoms. The van der Waals surface area contributed by atoms with E-state index in [1.807, 2.05) is 0 Å². The van der Waals surface area contributed by atoms with Crippen LogP contribution < -0.4 is 5.32 Å². The van der Waals surface area contributed by atoms with Crippen LogP contribution in [0, 0.1) is 35.5 Å². The monoisotopic (exact) mass is 370 g/mol. The fraction of sp³-hybridized carbons (Fsp3) is 0.450. The Bertz CT molecular complexity index is 830. The normalized spacial score (nSPS) is 37.4. The second-order valence-corrected chi connectivity index (χ2v) is 8.25. The summed E-state index contributed by atoms with van der Waals surface area (Å²) in [5.74, 6) is 0.0894. The van der Waals surface area contributed by atoms with Gasteiger partial charge in [-0.2, -0.15) is 0 Å². The number of nitrogens with zero attached hydrogens (tertiary/aromatic N) is 1. The Morgan fingerprint density at radius 1 is 1.12 bits per heavy atom. The first-order valence-corrected chi connectivity index (χ1v) is 9.47. The topological polar surface area (TPSA) is 66.5 Å². The molecule has 1 aromatic carbocycles. The average Bonchev–Trinajstić information content (AvgIpc) is 3.41. The van der Waals surface area contributed by atoms with E-state index in [-0.39, 0.29) is 35.5 Å². The highest BCUT2D eigenvalue weighted by Gasteiger charge is 2.67. The lowest BCUT2D eigenvalue weighted by Gasteiger charge is -2.37. The van der Waals surface area contributed by atoms with Crippen LogP contribution in [0.1, 0.15) is 13.3 Å². The van der Waals surface area contributed by atoms with Gasteiger partial charge in [0.15, 0.2) is 0 Å². The molecule has 0 unspecified atom stereocenters. The molecular weight excluding hydrogens is 352 g/mol. The van der Waals surface area contributed by atoms with E-state index < -0.39 is 11.9 Å². The van der Waals surface area contributed by atoms with E-state index in [9.17, 15) is 14.4 Å². The molecule has 5 nitrogen and oxygen atoms in total. The maximum Gasteiger partial charge on any atom is 0.247 e. The summed E-state index contributed by atoms with van der Waals surface area (Å²) >= 11 is 6.09. The van der Waals surface area contributed by atoms with Crippen molar-refractivity contribution in [2.75, 3.05) is 5.32 Å². The number of amides is 3. The molecule has 0 aromatic heterocycles. The minimum Gasteiger partial charge on any atom is -0.323 e. The predicted octanol–water partition coefficient (Wildman–Crippen LogP) is 2.72. The van der Waals surface area contributed by atoms with Crippen molar-refractivity contribution in [1.29, 1.82) is 0 Å². The van der Waals surface area contributed by atoms with Gasteiger partial charge in [0, 0.05) is 0 Å². The second kappa shape index (κ2) is 5.43. The number of anilines is 1. The van der Waals surface area contributed by atoms with Crippen LogP contribution in [0.15, 0.2) is 36.4 Å². The fourth-order valence-electron chi connectivity index (χ4n) is 5.28. The molecule has 5 aliphatic rings. The molecule has 3 fully saturated rings. The largest absolute Gasteiger partial charge is 0.323 e. The first kappa shape index (κ1) is 16.1. The molecule has 4 aliphatic carbocycles. The first-order chi connectivity index (χ1) is 12.5. The van der Waals surface area contributed by atoms with E-state index in [0.29, 0.717) is 22.5 Å². The van der Waals surface area contributed by atoms with Gasteiger partial charge >= 0.3 is 0 Å². The Balaban J connectivity index is 1.39. The number of carbonyl (C=O) groups excluding carboxylic acids is 3. The molecule has 2 bridgehead atoms. The Kier molecular flexibility index (Phi) is 3.35. The summed E-state index contributed by atoms with van der Waals surface area (Å²) in [5, 5.41) is 3.15. The molecule has 0 radical (unpaired) electrons. The molecule has 134 valence electrons. The Hall–Kier alpha value is -2.14. The van der Waals surface area contributed by atoms with Gasteiger partial charge in [-0.15, -0.1) is 0 Å². The van der Waals surface area contributed by atoms with Gasteiger partial charge in [0.25, 0.3) is 0 Å². The highest BCUT2D eigenvalue weighted by atomic mass is 35.5. The van der Waals surface area contributed by atoms with Gasteiger partial charge in [-0.3, -0.25) is 19.3 Å². The van der Waals surface area contributed by atoms with Gasteiger partial charge in [0.2, 0.25) is 17.7 Å². The first-order valence-electron chi connectivity index (χ1n) is 9.09. The number of nitrogens with one attached hydrogen (secondary N) is 1. The summed E-state index contributed by atoms with van der Waals surface area (Å²) < 4.78 is 0. The van der Waals surface area contributed by atoms with Crippen LogP contribution in [0.4, 0.5) is 5.69 Å². The average molecular weight is 371 g/mol. The third-order valence-electron chi connectivity index (χ3n) is 6.60. The van der Waals surface area contributed by atoms with Gasteiger partial charge in [0.05, 0.1) is 22.5 Å². The maximum atomic E-state index is 13.0. The van der Waals surface area contributed by atoms with Crippen molar-refractivity contribution < 1.29 is 14.4 Å². The highest BCUT2D eigenvalue weighted by Crippen LogP contribution is 2.65. The zero-order valence-corrected chi connectivity index (χ0v) is 15.0. The van der Waals surface area contributed by atoms with Crippen molar-refractivity contribution in [1.82, 2.24) is 4.90 Å². The van der Waals surface area contributed by atoms with Crippen LogP contribution in [0.3, 0.4) is 0 Å². The van der Waals surface area contributed by atoms with E-state index >= 15 is 0 Å². The van der Waals surface area contributed by atoms with Crippen LogP contribution in [-0.4, -0.2) is 28.7 Å². The predicted molar refractivity (Wildman–Crippen MR) is 96.1 cm³/mol. The van der Waals surface area contributed by atoms with Crippen molar-refractivity contribution in [3.8, 4) is 0 Å². The third-order valence-corrected chi connectivity index (χ3v) is 6.92. The lowest BCUT2D eigenvalue weighted by molar-refractivity contribution is -0.146. The van der Waals surface area contributed by atoms with E-state index in [2.05, 4.69) is 17.5 Å². The Labute approximate surface area is 156 Å². The molecule has 2 saturated carbocycles. The SMILES string of the molecule is C[C@@H](C(=O)Nc1ccccc1Cl)N1C(=O)[C@H]2[C@@H]3C=C[C@H]([C@H]4C[C@H]34)[C@@H]2C1=O. The van der Waals surface area contributed by atoms with Gasteiger partial charge in [0.1, 0.15) is 6.04 Å². The van der Waals surface area contributed by atoms with Gasteiger partial charge in [-0.1, -0.05) is 35.9 Å². The molecule has 1 aromatic rings. The van der Waals surface area contributed by atoms with E-state index in [4.69, 9.17) is 11.6 Å². The molecule has 1 heterocycles. The van der Waals surface area contributed by atoms with E-state index in [1.54, 1.807) is 31.2 Å². The van der Waals surface area contributed by atoms with Crippen molar-refractivity contribution in [3.63, 3.8) is 0 Å².